The summed E-state index contributed by atoms with van der Waals surface area (Å²) >= 11 is 0. The van der Waals surface area contributed by atoms with Gasteiger partial charge in [0.15, 0.2) is 0 Å². The Balaban J connectivity index is 2.37. The van der Waals surface area contributed by atoms with Crippen LogP contribution in [0.25, 0.3) is 0 Å². The van der Waals surface area contributed by atoms with Crippen molar-refractivity contribution in [2.75, 3.05) is 20.3 Å². The fraction of sp³-hybridized carbons (Fsp3) is 0.769. The molecule has 1 rings (SSSR count). The van der Waals surface area contributed by atoms with Gasteiger partial charge in [-0.1, -0.05) is 13.8 Å². The number of rotatable bonds is 7. The normalized spacial score (nSPS) is 12.1. The molecule has 0 aliphatic carbocycles. The molecule has 0 saturated heterocycles. The summed E-state index contributed by atoms with van der Waals surface area (Å²) in [6, 6.07) is 0. The zero-order valence-corrected chi connectivity index (χ0v) is 11.7. The second-order valence-electron chi connectivity index (χ2n) is 5.42. The molecule has 0 bridgehead atoms. The van der Waals surface area contributed by atoms with Gasteiger partial charge in [-0.25, -0.2) is 0 Å². The zero-order chi connectivity index (χ0) is 12.9. The molecule has 1 aromatic heterocycles. The molecule has 1 aromatic rings. The van der Waals surface area contributed by atoms with Gasteiger partial charge in [-0.2, -0.15) is 5.10 Å². The highest BCUT2D eigenvalue weighted by Crippen LogP contribution is 2.19. The van der Waals surface area contributed by atoms with E-state index in [1.165, 1.54) is 5.56 Å². The summed E-state index contributed by atoms with van der Waals surface area (Å²) in [6.45, 7) is 11.3. The first-order valence-corrected chi connectivity index (χ1v) is 6.16. The van der Waals surface area contributed by atoms with Gasteiger partial charge in [0.1, 0.15) is 0 Å². The first kappa shape index (κ1) is 14.2. The molecule has 4 nitrogen and oxygen atoms in total. The molecule has 0 aromatic carbocycles. The highest BCUT2D eigenvalue weighted by Gasteiger charge is 2.17. The summed E-state index contributed by atoms with van der Waals surface area (Å²) < 4.78 is 5.13. The number of aromatic amines is 1. The number of nitrogens with zero attached hydrogens (tertiary/aromatic N) is 1. The van der Waals surface area contributed by atoms with E-state index < -0.39 is 0 Å². The van der Waals surface area contributed by atoms with Crippen LogP contribution >= 0.6 is 0 Å². The molecule has 0 spiro atoms. The lowest BCUT2D eigenvalue weighted by Crippen LogP contribution is -2.30. The van der Waals surface area contributed by atoms with Gasteiger partial charge in [-0.3, -0.25) is 5.10 Å². The van der Waals surface area contributed by atoms with Gasteiger partial charge in [-0.05, 0) is 25.7 Å². The molecule has 0 unspecified atom stereocenters. The third kappa shape index (κ3) is 4.48. The molecule has 0 radical (unpaired) electrons. The molecule has 0 saturated carbocycles. The van der Waals surface area contributed by atoms with Crippen molar-refractivity contribution in [2.24, 2.45) is 5.41 Å². The maximum atomic E-state index is 5.13. The average Bonchev–Trinajstić information content (AvgIpc) is 2.58. The fourth-order valence-corrected chi connectivity index (χ4v) is 1.83. The van der Waals surface area contributed by atoms with Gasteiger partial charge in [-0.15, -0.1) is 0 Å². The standard InChI is InChI=1S/C13H25N3O/c1-10-12(11(2)16-15-10)8-14-9-13(3,4)6-7-17-5/h14H,6-9H2,1-5H3,(H,15,16). The molecule has 2 N–H and O–H groups in total. The molecule has 0 fully saturated rings. The summed E-state index contributed by atoms with van der Waals surface area (Å²) in [7, 11) is 1.75. The van der Waals surface area contributed by atoms with E-state index in [1.807, 2.05) is 6.92 Å². The molecule has 0 aliphatic heterocycles. The quantitative estimate of drug-likeness (QED) is 0.766. The predicted octanol–water partition coefficient (Wildman–Crippen LogP) is 2.18. The summed E-state index contributed by atoms with van der Waals surface area (Å²) in [5, 5.41) is 10.7. The molecule has 0 amide bonds. The maximum Gasteiger partial charge on any atom is 0.0638 e. The van der Waals surface area contributed by atoms with E-state index in [1.54, 1.807) is 7.11 Å². The topological polar surface area (TPSA) is 49.9 Å². The molecular formula is C13H25N3O. The Morgan fingerprint density at radius 1 is 1.35 bits per heavy atom. The third-order valence-corrected chi connectivity index (χ3v) is 3.17. The van der Waals surface area contributed by atoms with Crippen molar-refractivity contribution in [3.8, 4) is 0 Å². The van der Waals surface area contributed by atoms with E-state index in [9.17, 15) is 0 Å². The molecule has 17 heavy (non-hydrogen) atoms. The summed E-state index contributed by atoms with van der Waals surface area (Å²) in [5.74, 6) is 0. The van der Waals surface area contributed by atoms with Crippen LogP contribution in [-0.4, -0.2) is 30.5 Å². The van der Waals surface area contributed by atoms with Crippen LogP contribution in [0.2, 0.25) is 0 Å². The van der Waals surface area contributed by atoms with Crippen LogP contribution in [0.4, 0.5) is 0 Å². The minimum Gasteiger partial charge on any atom is -0.385 e. The maximum absolute atomic E-state index is 5.13. The van der Waals surface area contributed by atoms with Gasteiger partial charge < -0.3 is 10.1 Å². The van der Waals surface area contributed by atoms with Crippen LogP contribution in [0.3, 0.4) is 0 Å². The van der Waals surface area contributed by atoms with Gasteiger partial charge >= 0.3 is 0 Å². The van der Waals surface area contributed by atoms with Crippen LogP contribution in [-0.2, 0) is 11.3 Å². The number of hydrogen-bond acceptors (Lipinski definition) is 3. The number of methoxy groups -OCH3 is 1. The monoisotopic (exact) mass is 239 g/mol. The summed E-state index contributed by atoms with van der Waals surface area (Å²) in [6.07, 6.45) is 1.07. The van der Waals surface area contributed by atoms with Crippen LogP contribution < -0.4 is 5.32 Å². The zero-order valence-electron chi connectivity index (χ0n) is 11.7. The van der Waals surface area contributed by atoms with E-state index in [0.29, 0.717) is 0 Å². The van der Waals surface area contributed by atoms with Crippen molar-refractivity contribution in [3.05, 3.63) is 17.0 Å². The first-order valence-electron chi connectivity index (χ1n) is 6.16. The second kappa shape index (κ2) is 6.17. The highest BCUT2D eigenvalue weighted by atomic mass is 16.5. The number of H-pyrrole nitrogens is 1. The van der Waals surface area contributed by atoms with Gasteiger partial charge in [0.2, 0.25) is 0 Å². The van der Waals surface area contributed by atoms with E-state index in [4.69, 9.17) is 4.74 Å². The van der Waals surface area contributed by atoms with Crippen molar-refractivity contribution in [1.82, 2.24) is 15.5 Å². The smallest absolute Gasteiger partial charge is 0.0638 e. The molecule has 1 heterocycles. The van der Waals surface area contributed by atoms with Gasteiger partial charge in [0.25, 0.3) is 0 Å². The predicted molar refractivity (Wildman–Crippen MR) is 70.0 cm³/mol. The minimum absolute atomic E-state index is 0.265. The SMILES string of the molecule is COCCC(C)(C)CNCc1c(C)n[nH]c1C. The van der Waals surface area contributed by atoms with Crippen molar-refractivity contribution < 1.29 is 4.74 Å². The number of nitrogens with one attached hydrogen (secondary N) is 2. The Kier molecular flexibility index (Phi) is 5.15. The summed E-state index contributed by atoms with van der Waals surface area (Å²) in [5.41, 5.74) is 3.80. The molecule has 0 atom stereocenters. The lowest BCUT2D eigenvalue weighted by molar-refractivity contribution is 0.150. The number of aryl methyl sites for hydroxylation is 2. The van der Waals surface area contributed by atoms with Crippen molar-refractivity contribution in [3.63, 3.8) is 0 Å². The van der Waals surface area contributed by atoms with E-state index in [0.717, 1.165) is 37.5 Å². The highest BCUT2D eigenvalue weighted by molar-refractivity contribution is 5.22. The Morgan fingerprint density at radius 3 is 2.59 bits per heavy atom. The Hall–Kier alpha value is -0.870. The van der Waals surface area contributed by atoms with Crippen molar-refractivity contribution in [1.29, 1.82) is 0 Å². The lowest BCUT2D eigenvalue weighted by atomic mass is 9.89. The van der Waals surface area contributed by atoms with E-state index >= 15 is 0 Å². The molecule has 4 heteroatoms. The van der Waals surface area contributed by atoms with Gasteiger partial charge in [0, 0.05) is 38.1 Å². The van der Waals surface area contributed by atoms with E-state index in [-0.39, 0.29) is 5.41 Å². The second-order valence-corrected chi connectivity index (χ2v) is 5.42. The Morgan fingerprint density at radius 2 is 2.06 bits per heavy atom. The Labute approximate surface area is 104 Å². The van der Waals surface area contributed by atoms with Gasteiger partial charge in [0.05, 0.1) is 5.69 Å². The van der Waals surface area contributed by atoms with Crippen LogP contribution in [0.5, 0.6) is 0 Å². The van der Waals surface area contributed by atoms with Crippen LogP contribution in [0.15, 0.2) is 0 Å². The molecular weight excluding hydrogens is 214 g/mol. The van der Waals surface area contributed by atoms with Crippen LogP contribution in [0.1, 0.15) is 37.2 Å². The fourth-order valence-electron chi connectivity index (χ4n) is 1.83. The number of hydrogen-bond donors (Lipinski definition) is 2. The lowest BCUT2D eigenvalue weighted by Gasteiger charge is -2.24. The van der Waals surface area contributed by atoms with E-state index in [2.05, 4.69) is 36.3 Å². The largest absolute Gasteiger partial charge is 0.385 e. The average molecular weight is 239 g/mol. The Bertz CT molecular complexity index is 325. The third-order valence-electron chi connectivity index (χ3n) is 3.17. The van der Waals surface area contributed by atoms with Crippen molar-refractivity contribution >= 4 is 0 Å². The number of aromatic nitrogens is 2. The first-order chi connectivity index (χ1) is 7.96. The molecule has 98 valence electrons. The minimum atomic E-state index is 0.265. The summed E-state index contributed by atoms with van der Waals surface area (Å²) in [4.78, 5) is 0. The molecule has 0 aliphatic rings. The number of ether oxygens (including phenoxy) is 1. The van der Waals surface area contributed by atoms with Crippen molar-refractivity contribution in [2.45, 2.75) is 40.7 Å². The van der Waals surface area contributed by atoms with Crippen LogP contribution in [0, 0.1) is 19.3 Å².